The summed E-state index contributed by atoms with van der Waals surface area (Å²) in [6.45, 7) is 6.07. The van der Waals surface area contributed by atoms with Gasteiger partial charge in [0.15, 0.2) is 0 Å². The molecule has 4 nitrogen and oxygen atoms in total. The molecule has 1 aromatic rings. The first-order valence-corrected chi connectivity index (χ1v) is 5.67. The van der Waals surface area contributed by atoms with E-state index in [9.17, 15) is 0 Å². The normalized spacial score (nSPS) is 11.3. The summed E-state index contributed by atoms with van der Waals surface area (Å²) < 4.78 is 0. The molecule has 0 saturated carbocycles. The van der Waals surface area contributed by atoms with Crippen molar-refractivity contribution in [1.82, 2.24) is 10.3 Å². The highest BCUT2D eigenvalue weighted by Gasteiger charge is 2.06. The fourth-order valence-corrected chi connectivity index (χ4v) is 1.50. The summed E-state index contributed by atoms with van der Waals surface area (Å²) in [6, 6.07) is 9.80. The van der Waals surface area contributed by atoms with Gasteiger partial charge in [0.25, 0.3) is 0 Å². The Balaban J connectivity index is 2.83. The fourth-order valence-electron chi connectivity index (χ4n) is 1.50. The predicted molar refractivity (Wildman–Crippen MR) is 68.4 cm³/mol. The number of hydrazine groups is 1. The van der Waals surface area contributed by atoms with Gasteiger partial charge < -0.3 is 4.90 Å². The smallest absolute Gasteiger partial charge is 0.213 e. The standard InChI is InChI=1S/C12H20N4/c1-3-10-16(4-2)12(15-13)14-11-8-6-5-7-9-11/h5-9H,3-4,10,13H2,1-2H3,(H,14,15). The van der Waals surface area contributed by atoms with E-state index in [0.29, 0.717) is 0 Å². The van der Waals surface area contributed by atoms with Crippen molar-refractivity contribution < 1.29 is 0 Å². The van der Waals surface area contributed by atoms with Gasteiger partial charge in [0.2, 0.25) is 5.96 Å². The lowest BCUT2D eigenvalue weighted by molar-refractivity contribution is 0.424. The number of hydrogen-bond donors (Lipinski definition) is 2. The third-order valence-corrected chi connectivity index (χ3v) is 2.30. The minimum Gasteiger partial charge on any atom is -0.342 e. The zero-order valence-corrected chi connectivity index (χ0v) is 9.98. The molecule has 0 atom stereocenters. The van der Waals surface area contributed by atoms with Crippen LogP contribution in [0.2, 0.25) is 0 Å². The van der Waals surface area contributed by atoms with E-state index in [1.165, 1.54) is 0 Å². The lowest BCUT2D eigenvalue weighted by atomic mass is 10.3. The van der Waals surface area contributed by atoms with Crippen LogP contribution in [0.5, 0.6) is 0 Å². The number of aliphatic imine (C=N–C) groups is 1. The first-order valence-electron chi connectivity index (χ1n) is 5.67. The molecule has 0 aliphatic rings. The van der Waals surface area contributed by atoms with Crippen LogP contribution in [-0.2, 0) is 0 Å². The molecule has 0 heterocycles. The van der Waals surface area contributed by atoms with Crippen molar-refractivity contribution in [3.8, 4) is 0 Å². The largest absolute Gasteiger partial charge is 0.342 e. The molecule has 0 aliphatic carbocycles. The molecule has 0 radical (unpaired) electrons. The molecule has 0 saturated heterocycles. The van der Waals surface area contributed by atoms with Gasteiger partial charge in [-0.05, 0) is 25.5 Å². The maximum absolute atomic E-state index is 5.50. The quantitative estimate of drug-likeness (QED) is 0.352. The zero-order chi connectivity index (χ0) is 11.8. The topological polar surface area (TPSA) is 53.6 Å². The van der Waals surface area contributed by atoms with Crippen molar-refractivity contribution in [1.29, 1.82) is 0 Å². The number of nitrogens with zero attached hydrogens (tertiary/aromatic N) is 2. The van der Waals surface area contributed by atoms with Crippen molar-refractivity contribution in [3.05, 3.63) is 30.3 Å². The van der Waals surface area contributed by atoms with Gasteiger partial charge in [-0.15, -0.1) is 0 Å². The summed E-state index contributed by atoms with van der Waals surface area (Å²) in [6.07, 6.45) is 1.07. The number of nitrogens with one attached hydrogen (secondary N) is 1. The molecular weight excluding hydrogens is 200 g/mol. The van der Waals surface area contributed by atoms with E-state index >= 15 is 0 Å². The highest BCUT2D eigenvalue weighted by atomic mass is 15.4. The second kappa shape index (κ2) is 6.85. The molecule has 0 aliphatic heterocycles. The summed E-state index contributed by atoms with van der Waals surface area (Å²) in [5.74, 6) is 6.22. The van der Waals surface area contributed by atoms with Gasteiger partial charge >= 0.3 is 0 Å². The van der Waals surface area contributed by atoms with Crippen LogP contribution in [0.15, 0.2) is 35.3 Å². The molecule has 16 heavy (non-hydrogen) atoms. The van der Waals surface area contributed by atoms with Crippen LogP contribution >= 0.6 is 0 Å². The molecular formula is C12H20N4. The third kappa shape index (κ3) is 3.55. The van der Waals surface area contributed by atoms with Gasteiger partial charge in [0.05, 0.1) is 5.69 Å². The summed E-state index contributed by atoms with van der Waals surface area (Å²) in [7, 11) is 0. The van der Waals surface area contributed by atoms with Gasteiger partial charge in [-0.25, -0.2) is 10.8 Å². The molecule has 0 spiro atoms. The maximum atomic E-state index is 5.50. The Morgan fingerprint density at radius 2 is 2.00 bits per heavy atom. The van der Waals surface area contributed by atoms with Gasteiger partial charge in [0.1, 0.15) is 0 Å². The Morgan fingerprint density at radius 3 is 2.50 bits per heavy atom. The molecule has 1 rings (SSSR count). The zero-order valence-electron chi connectivity index (χ0n) is 9.98. The van der Waals surface area contributed by atoms with Crippen molar-refractivity contribution in [2.75, 3.05) is 13.1 Å². The number of hydrogen-bond acceptors (Lipinski definition) is 2. The predicted octanol–water partition coefficient (Wildman–Crippen LogP) is 1.87. The summed E-state index contributed by atoms with van der Waals surface area (Å²) in [5, 5.41) is 0. The van der Waals surface area contributed by atoms with Gasteiger partial charge in [-0.2, -0.15) is 0 Å². The van der Waals surface area contributed by atoms with Crippen molar-refractivity contribution in [2.45, 2.75) is 20.3 Å². The Bertz CT molecular complexity index is 321. The van der Waals surface area contributed by atoms with E-state index in [-0.39, 0.29) is 0 Å². The molecule has 0 fully saturated rings. The SMILES string of the molecule is CCCN(CC)C(=Nc1ccccc1)NN. The lowest BCUT2D eigenvalue weighted by Crippen LogP contribution is -2.44. The van der Waals surface area contributed by atoms with Crippen molar-refractivity contribution in [3.63, 3.8) is 0 Å². The Kier molecular flexibility index (Phi) is 5.36. The van der Waals surface area contributed by atoms with Crippen LogP contribution < -0.4 is 11.3 Å². The van der Waals surface area contributed by atoms with Crippen LogP contribution in [0, 0.1) is 0 Å². The highest BCUT2D eigenvalue weighted by Crippen LogP contribution is 2.10. The monoisotopic (exact) mass is 220 g/mol. The van der Waals surface area contributed by atoms with Crippen molar-refractivity contribution >= 4 is 11.6 Å². The summed E-state index contributed by atoms with van der Waals surface area (Å²) >= 11 is 0. The molecule has 4 heteroatoms. The minimum atomic E-state index is 0.718. The highest BCUT2D eigenvalue weighted by molar-refractivity contribution is 5.82. The van der Waals surface area contributed by atoms with E-state index in [0.717, 1.165) is 31.2 Å². The first-order chi connectivity index (χ1) is 7.81. The minimum absolute atomic E-state index is 0.718. The summed E-state index contributed by atoms with van der Waals surface area (Å²) in [5.41, 5.74) is 3.57. The van der Waals surface area contributed by atoms with Crippen LogP contribution in [0.4, 0.5) is 5.69 Å². The number of nitrogens with two attached hydrogens (primary N) is 1. The second-order valence-electron chi connectivity index (χ2n) is 3.49. The van der Waals surface area contributed by atoms with Gasteiger partial charge in [-0.3, -0.25) is 5.43 Å². The molecule has 0 amide bonds. The van der Waals surface area contributed by atoms with E-state index in [2.05, 4.69) is 29.2 Å². The first kappa shape index (κ1) is 12.5. The Morgan fingerprint density at radius 1 is 1.31 bits per heavy atom. The van der Waals surface area contributed by atoms with E-state index in [1.54, 1.807) is 0 Å². The van der Waals surface area contributed by atoms with E-state index < -0.39 is 0 Å². The molecule has 1 aromatic carbocycles. The van der Waals surface area contributed by atoms with E-state index in [4.69, 9.17) is 5.84 Å². The second-order valence-corrected chi connectivity index (χ2v) is 3.49. The lowest BCUT2D eigenvalue weighted by Gasteiger charge is -2.23. The number of rotatable bonds is 4. The number of guanidine groups is 1. The molecule has 0 bridgehead atoms. The van der Waals surface area contributed by atoms with Crippen molar-refractivity contribution in [2.24, 2.45) is 10.8 Å². The van der Waals surface area contributed by atoms with Gasteiger partial charge in [-0.1, -0.05) is 25.1 Å². The Hall–Kier alpha value is -1.55. The fraction of sp³-hybridized carbons (Fsp3) is 0.417. The maximum Gasteiger partial charge on any atom is 0.213 e. The third-order valence-electron chi connectivity index (χ3n) is 2.30. The van der Waals surface area contributed by atoms with Crippen LogP contribution in [0.3, 0.4) is 0 Å². The summed E-state index contributed by atoms with van der Waals surface area (Å²) in [4.78, 5) is 6.59. The molecule has 88 valence electrons. The molecule has 0 unspecified atom stereocenters. The number of para-hydroxylation sites is 1. The molecule has 0 aromatic heterocycles. The average Bonchev–Trinajstić information content (AvgIpc) is 2.35. The van der Waals surface area contributed by atoms with Crippen LogP contribution in [0.25, 0.3) is 0 Å². The van der Waals surface area contributed by atoms with Crippen LogP contribution in [0.1, 0.15) is 20.3 Å². The Labute approximate surface area is 97.1 Å². The van der Waals surface area contributed by atoms with Crippen LogP contribution in [-0.4, -0.2) is 23.9 Å². The van der Waals surface area contributed by atoms with E-state index in [1.807, 2.05) is 30.3 Å². The molecule has 3 N–H and O–H groups in total. The average molecular weight is 220 g/mol. The van der Waals surface area contributed by atoms with Gasteiger partial charge in [0, 0.05) is 13.1 Å². The number of benzene rings is 1.